The van der Waals surface area contributed by atoms with E-state index in [1.54, 1.807) is 0 Å². The van der Waals surface area contributed by atoms with Crippen molar-refractivity contribution in [1.29, 1.82) is 0 Å². The third-order valence-electron chi connectivity index (χ3n) is 3.48. The smallest absolute Gasteiger partial charge is 0.00820 e. The maximum atomic E-state index is 6.20. The molecule has 90 valence electrons. The van der Waals surface area contributed by atoms with Gasteiger partial charge < -0.3 is 5.73 Å². The highest BCUT2D eigenvalue weighted by molar-refractivity contribution is 5.15. The van der Waals surface area contributed by atoms with Gasteiger partial charge in [0.25, 0.3) is 0 Å². The Hall–Kier alpha value is -0.820. The number of benzene rings is 1. The second kappa shape index (κ2) is 5.49. The minimum Gasteiger partial charge on any atom is -0.327 e. The topological polar surface area (TPSA) is 26.0 Å². The second-order valence-electron chi connectivity index (χ2n) is 5.95. The first-order valence-electron chi connectivity index (χ1n) is 6.19. The zero-order valence-electron chi connectivity index (χ0n) is 11.0. The Morgan fingerprint density at radius 3 is 2.19 bits per heavy atom. The molecule has 0 saturated heterocycles. The van der Waals surface area contributed by atoms with E-state index in [0.29, 0.717) is 11.3 Å². The van der Waals surface area contributed by atoms with Gasteiger partial charge in [-0.05, 0) is 29.7 Å². The largest absolute Gasteiger partial charge is 0.327 e. The quantitative estimate of drug-likeness (QED) is 0.822. The van der Waals surface area contributed by atoms with Crippen LogP contribution >= 0.6 is 0 Å². The Labute approximate surface area is 100 Å². The standard InChI is InChI=1S/C15H25N/c1-12(15(2,3)4)10-14(16)11-13-8-6-5-7-9-13/h5-9,12,14H,10-11,16H2,1-4H3. The van der Waals surface area contributed by atoms with E-state index < -0.39 is 0 Å². The van der Waals surface area contributed by atoms with Gasteiger partial charge in [-0.25, -0.2) is 0 Å². The van der Waals surface area contributed by atoms with Crippen LogP contribution in [0.2, 0.25) is 0 Å². The fraction of sp³-hybridized carbons (Fsp3) is 0.600. The summed E-state index contributed by atoms with van der Waals surface area (Å²) in [4.78, 5) is 0. The van der Waals surface area contributed by atoms with Crippen molar-refractivity contribution in [3.63, 3.8) is 0 Å². The van der Waals surface area contributed by atoms with Crippen LogP contribution in [0.4, 0.5) is 0 Å². The molecule has 16 heavy (non-hydrogen) atoms. The summed E-state index contributed by atoms with van der Waals surface area (Å²) in [5.74, 6) is 0.659. The SMILES string of the molecule is CC(CC(N)Cc1ccccc1)C(C)(C)C. The third kappa shape index (κ3) is 4.36. The highest BCUT2D eigenvalue weighted by Crippen LogP contribution is 2.29. The summed E-state index contributed by atoms with van der Waals surface area (Å²) >= 11 is 0. The first kappa shape index (κ1) is 13.2. The Bertz CT molecular complexity index is 297. The molecule has 0 saturated carbocycles. The van der Waals surface area contributed by atoms with Crippen LogP contribution in [0.3, 0.4) is 0 Å². The van der Waals surface area contributed by atoms with Gasteiger partial charge in [0.05, 0.1) is 0 Å². The molecule has 2 atom stereocenters. The molecule has 1 nitrogen and oxygen atoms in total. The maximum absolute atomic E-state index is 6.20. The molecule has 0 aromatic heterocycles. The average Bonchev–Trinajstić information content (AvgIpc) is 2.17. The van der Waals surface area contributed by atoms with E-state index in [2.05, 4.69) is 52.0 Å². The van der Waals surface area contributed by atoms with Gasteiger partial charge in [0.2, 0.25) is 0 Å². The molecule has 0 radical (unpaired) electrons. The summed E-state index contributed by atoms with van der Waals surface area (Å²) in [5, 5.41) is 0. The Kier molecular flexibility index (Phi) is 4.55. The predicted octanol–water partition coefficient (Wildman–Crippen LogP) is 3.63. The van der Waals surface area contributed by atoms with Gasteiger partial charge in [-0.3, -0.25) is 0 Å². The summed E-state index contributed by atoms with van der Waals surface area (Å²) in [7, 11) is 0. The van der Waals surface area contributed by atoms with Gasteiger partial charge in [0.1, 0.15) is 0 Å². The van der Waals surface area contributed by atoms with Crippen molar-refractivity contribution in [2.45, 2.75) is 46.6 Å². The van der Waals surface area contributed by atoms with Gasteiger partial charge in [0.15, 0.2) is 0 Å². The summed E-state index contributed by atoms with van der Waals surface area (Å²) in [6, 6.07) is 10.8. The first-order valence-corrected chi connectivity index (χ1v) is 6.19. The van der Waals surface area contributed by atoms with E-state index in [4.69, 9.17) is 5.73 Å². The highest BCUT2D eigenvalue weighted by Gasteiger charge is 2.22. The molecule has 0 bridgehead atoms. The molecule has 0 fully saturated rings. The van der Waals surface area contributed by atoms with E-state index in [0.717, 1.165) is 12.8 Å². The van der Waals surface area contributed by atoms with E-state index >= 15 is 0 Å². The normalized spacial score (nSPS) is 15.8. The highest BCUT2D eigenvalue weighted by atomic mass is 14.6. The summed E-state index contributed by atoms with van der Waals surface area (Å²) < 4.78 is 0. The lowest BCUT2D eigenvalue weighted by Crippen LogP contribution is -2.30. The molecular weight excluding hydrogens is 194 g/mol. The summed E-state index contributed by atoms with van der Waals surface area (Å²) in [6.07, 6.45) is 2.08. The van der Waals surface area contributed by atoms with Crippen LogP contribution in [-0.4, -0.2) is 6.04 Å². The minimum absolute atomic E-state index is 0.275. The lowest BCUT2D eigenvalue weighted by atomic mass is 9.78. The van der Waals surface area contributed by atoms with Gasteiger partial charge in [-0.1, -0.05) is 58.0 Å². The summed E-state index contributed by atoms with van der Waals surface area (Å²) in [5.41, 5.74) is 7.90. The zero-order chi connectivity index (χ0) is 12.2. The number of nitrogens with two attached hydrogens (primary N) is 1. The number of hydrogen-bond donors (Lipinski definition) is 1. The molecule has 0 heterocycles. The van der Waals surface area contributed by atoms with Crippen molar-refractivity contribution >= 4 is 0 Å². The predicted molar refractivity (Wildman–Crippen MR) is 71.4 cm³/mol. The average molecular weight is 219 g/mol. The molecule has 0 aliphatic carbocycles. The van der Waals surface area contributed by atoms with Crippen molar-refractivity contribution in [3.05, 3.63) is 35.9 Å². The van der Waals surface area contributed by atoms with Gasteiger partial charge in [-0.2, -0.15) is 0 Å². The molecule has 0 aliphatic rings. The molecule has 2 unspecified atom stereocenters. The molecule has 0 amide bonds. The molecule has 0 aliphatic heterocycles. The fourth-order valence-corrected chi connectivity index (χ4v) is 1.81. The van der Waals surface area contributed by atoms with Gasteiger partial charge >= 0.3 is 0 Å². The van der Waals surface area contributed by atoms with Crippen molar-refractivity contribution in [2.75, 3.05) is 0 Å². The molecule has 0 spiro atoms. The van der Waals surface area contributed by atoms with Crippen molar-refractivity contribution in [2.24, 2.45) is 17.1 Å². The van der Waals surface area contributed by atoms with Crippen LogP contribution in [0.15, 0.2) is 30.3 Å². The zero-order valence-corrected chi connectivity index (χ0v) is 11.0. The lowest BCUT2D eigenvalue weighted by Gasteiger charge is -2.29. The van der Waals surface area contributed by atoms with Crippen LogP contribution < -0.4 is 5.73 Å². The molecule has 1 rings (SSSR count). The third-order valence-corrected chi connectivity index (χ3v) is 3.48. The number of hydrogen-bond acceptors (Lipinski definition) is 1. The van der Waals surface area contributed by atoms with Gasteiger partial charge in [-0.15, -0.1) is 0 Å². The van der Waals surface area contributed by atoms with E-state index in [9.17, 15) is 0 Å². The molecular formula is C15H25N. The van der Waals surface area contributed by atoms with E-state index in [-0.39, 0.29) is 6.04 Å². The fourth-order valence-electron chi connectivity index (χ4n) is 1.81. The van der Waals surface area contributed by atoms with Crippen molar-refractivity contribution in [3.8, 4) is 0 Å². The number of rotatable bonds is 4. The second-order valence-corrected chi connectivity index (χ2v) is 5.95. The Morgan fingerprint density at radius 2 is 1.69 bits per heavy atom. The van der Waals surface area contributed by atoms with E-state index in [1.807, 2.05) is 6.07 Å². The van der Waals surface area contributed by atoms with Crippen LogP contribution in [0.25, 0.3) is 0 Å². The molecule has 1 aromatic rings. The molecule has 1 aromatic carbocycles. The first-order chi connectivity index (χ1) is 7.39. The monoisotopic (exact) mass is 219 g/mol. The Morgan fingerprint density at radius 1 is 1.12 bits per heavy atom. The maximum Gasteiger partial charge on any atom is 0.00820 e. The van der Waals surface area contributed by atoms with Crippen molar-refractivity contribution < 1.29 is 0 Å². The van der Waals surface area contributed by atoms with Crippen LogP contribution in [0, 0.1) is 11.3 Å². The van der Waals surface area contributed by atoms with Crippen LogP contribution in [0.1, 0.15) is 39.7 Å². The van der Waals surface area contributed by atoms with Crippen LogP contribution in [0.5, 0.6) is 0 Å². The van der Waals surface area contributed by atoms with Gasteiger partial charge in [0, 0.05) is 6.04 Å². The van der Waals surface area contributed by atoms with Crippen LogP contribution in [-0.2, 0) is 6.42 Å². The molecule has 1 heteroatoms. The van der Waals surface area contributed by atoms with E-state index in [1.165, 1.54) is 5.56 Å². The molecule has 2 N–H and O–H groups in total. The summed E-state index contributed by atoms with van der Waals surface area (Å²) in [6.45, 7) is 9.15. The lowest BCUT2D eigenvalue weighted by molar-refractivity contribution is 0.233. The van der Waals surface area contributed by atoms with Crippen molar-refractivity contribution in [1.82, 2.24) is 0 Å². The minimum atomic E-state index is 0.275. The Balaban J connectivity index is 2.45.